The SMILES string of the molecule is CCC(O)(c1ccccc1F)c1cccc2ncccc12. The Kier molecular flexibility index (Phi) is 3.43. The van der Waals surface area contributed by atoms with Crippen LogP contribution in [0.15, 0.2) is 60.8 Å². The Morgan fingerprint density at radius 2 is 1.76 bits per heavy atom. The molecule has 1 unspecified atom stereocenters. The third-order valence-corrected chi connectivity index (χ3v) is 3.92. The molecule has 3 rings (SSSR count). The molecule has 1 heterocycles. The molecule has 0 amide bonds. The summed E-state index contributed by atoms with van der Waals surface area (Å²) in [5.41, 5.74) is 0.399. The van der Waals surface area contributed by atoms with E-state index in [1.54, 1.807) is 24.4 Å². The molecule has 1 aromatic heterocycles. The van der Waals surface area contributed by atoms with Gasteiger partial charge in [-0.25, -0.2) is 4.39 Å². The van der Waals surface area contributed by atoms with E-state index in [0.29, 0.717) is 17.5 Å². The predicted molar refractivity (Wildman–Crippen MR) is 81.4 cm³/mol. The fourth-order valence-electron chi connectivity index (χ4n) is 2.79. The lowest BCUT2D eigenvalue weighted by Crippen LogP contribution is -2.28. The zero-order chi connectivity index (χ0) is 14.9. The number of pyridine rings is 1. The van der Waals surface area contributed by atoms with Gasteiger partial charge in [0.25, 0.3) is 0 Å². The fraction of sp³-hybridized carbons (Fsp3) is 0.167. The molecule has 0 aliphatic carbocycles. The Bertz CT molecular complexity index is 782. The first-order chi connectivity index (χ1) is 10.2. The number of fused-ring (bicyclic) bond motifs is 1. The van der Waals surface area contributed by atoms with Crippen molar-refractivity contribution in [2.75, 3.05) is 0 Å². The molecule has 3 aromatic rings. The van der Waals surface area contributed by atoms with Crippen molar-refractivity contribution >= 4 is 10.9 Å². The van der Waals surface area contributed by atoms with Crippen LogP contribution < -0.4 is 0 Å². The van der Waals surface area contributed by atoms with Gasteiger partial charge in [-0.2, -0.15) is 0 Å². The number of nitrogens with zero attached hydrogens (tertiary/aromatic N) is 1. The van der Waals surface area contributed by atoms with Crippen molar-refractivity contribution in [3.05, 3.63) is 77.7 Å². The van der Waals surface area contributed by atoms with E-state index >= 15 is 0 Å². The van der Waals surface area contributed by atoms with Crippen LogP contribution in [0.25, 0.3) is 10.9 Å². The van der Waals surface area contributed by atoms with Crippen LogP contribution in [0.3, 0.4) is 0 Å². The molecule has 0 saturated carbocycles. The molecule has 0 saturated heterocycles. The number of halogens is 1. The maximum atomic E-state index is 14.2. The van der Waals surface area contributed by atoms with E-state index in [9.17, 15) is 9.50 Å². The summed E-state index contributed by atoms with van der Waals surface area (Å²) >= 11 is 0. The van der Waals surface area contributed by atoms with E-state index in [0.717, 1.165) is 10.9 Å². The molecule has 1 atom stereocenters. The minimum atomic E-state index is -1.37. The Hall–Kier alpha value is -2.26. The predicted octanol–water partition coefficient (Wildman–Crippen LogP) is 4.02. The van der Waals surface area contributed by atoms with Gasteiger partial charge in [0, 0.05) is 17.1 Å². The van der Waals surface area contributed by atoms with E-state index in [-0.39, 0.29) is 0 Å². The smallest absolute Gasteiger partial charge is 0.129 e. The second-order valence-electron chi connectivity index (χ2n) is 5.07. The van der Waals surface area contributed by atoms with E-state index in [1.807, 2.05) is 37.3 Å². The van der Waals surface area contributed by atoms with Crippen LogP contribution in [0.2, 0.25) is 0 Å². The Morgan fingerprint density at radius 3 is 2.52 bits per heavy atom. The van der Waals surface area contributed by atoms with Gasteiger partial charge in [0.05, 0.1) is 5.52 Å². The lowest BCUT2D eigenvalue weighted by molar-refractivity contribution is 0.0741. The second-order valence-corrected chi connectivity index (χ2v) is 5.07. The van der Waals surface area contributed by atoms with E-state index in [4.69, 9.17) is 0 Å². The maximum absolute atomic E-state index is 14.2. The summed E-state index contributed by atoms with van der Waals surface area (Å²) in [4.78, 5) is 4.30. The highest BCUT2D eigenvalue weighted by molar-refractivity contribution is 5.83. The van der Waals surface area contributed by atoms with Crippen LogP contribution >= 0.6 is 0 Å². The molecular formula is C18H16FNO. The highest BCUT2D eigenvalue weighted by atomic mass is 19.1. The molecule has 0 spiro atoms. The van der Waals surface area contributed by atoms with Gasteiger partial charge in [-0.05, 0) is 30.2 Å². The summed E-state index contributed by atoms with van der Waals surface area (Å²) in [6.07, 6.45) is 2.09. The zero-order valence-corrected chi connectivity index (χ0v) is 11.8. The lowest BCUT2D eigenvalue weighted by Gasteiger charge is -2.29. The van der Waals surface area contributed by atoms with Crippen LogP contribution in [0.4, 0.5) is 4.39 Å². The number of aromatic nitrogens is 1. The van der Waals surface area contributed by atoms with Crippen LogP contribution in [0.5, 0.6) is 0 Å². The largest absolute Gasteiger partial charge is 0.380 e. The zero-order valence-electron chi connectivity index (χ0n) is 11.8. The van der Waals surface area contributed by atoms with Crippen molar-refractivity contribution in [1.82, 2.24) is 4.98 Å². The van der Waals surface area contributed by atoms with Crippen molar-refractivity contribution in [2.24, 2.45) is 0 Å². The molecule has 0 aliphatic heterocycles. The normalized spacial score (nSPS) is 14.0. The van der Waals surface area contributed by atoms with Gasteiger partial charge in [0.2, 0.25) is 0 Å². The van der Waals surface area contributed by atoms with Crippen molar-refractivity contribution in [2.45, 2.75) is 18.9 Å². The summed E-state index contributed by atoms with van der Waals surface area (Å²) in [6, 6.07) is 15.7. The van der Waals surface area contributed by atoms with Gasteiger partial charge >= 0.3 is 0 Å². The third-order valence-electron chi connectivity index (χ3n) is 3.92. The Morgan fingerprint density at radius 1 is 1.00 bits per heavy atom. The summed E-state index contributed by atoms with van der Waals surface area (Å²) in [6.45, 7) is 1.85. The van der Waals surface area contributed by atoms with Crippen LogP contribution in [0.1, 0.15) is 24.5 Å². The highest BCUT2D eigenvalue weighted by Gasteiger charge is 2.33. The minimum Gasteiger partial charge on any atom is -0.380 e. The lowest BCUT2D eigenvalue weighted by atomic mass is 9.82. The van der Waals surface area contributed by atoms with Gasteiger partial charge < -0.3 is 5.11 Å². The van der Waals surface area contributed by atoms with Crippen molar-refractivity contribution < 1.29 is 9.50 Å². The molecule has 0 fully saturated rings. The van der Waals surface area contributed by atoms with E-state index in [2.05, 4.69) is 4.98 Å². The first kappa shape index (κ1) is 13.7. The van der Waals surface area contributed by atoms with Crippen LogP contribution in [0, 0.1) is 5.82 Å². The number of aliphatic hydroxyl groups is 1. The van der Waals surface area contributed by atoms with Gasteiger partial charge in [0.1, 0.15) is 11.4 Å². The van der Waals surface area contributed by atoms with Gasteiger partial charge in [0.15, 0.2) is 0 Å². The molecule has 2 nitrogen and oxygen atoms in total. The topological polar surface area (TPSA) is 33.1 Å². The molecule has 3 heteroatoms. The standard InChI is InChI=1S/C18H16FNO/c1-2-18(21,15-8-3-4-10-16(15)19)14-9-5-11-17-13(14)7-6-12-20-17/h3-12,21H,2H2,1H3. The van der Waals surface area contributed by atoms with Crippen molar-refractivity contribution in [1.29, 1.82) is 0 Å². The average molecular weight is 281 g/mol. The van der Waals surface area contributed by atoms with Gasteiger partial charge in [-0.1, -0.05) is 43.3 Å². The molecule has 1 N–H and O–H groups in total. The number of rotatable bonds is 3. The van der Waals surface area contributed by atoms with Crippen LogP contribution in [-0.2, 0) is 5.60 Å². The first-order valence-corrected chi connectivity index (χ1v) is 6.98. The fourth-order valence-corrected chi connectivity index (χ4v) is 2.79. The molecule has 21 heavy (non-hydrogen) atoms. The van der Waals surface area contributed by atoms with E-state index in [1.165, 1.54) is 6.07 Å². The molecule has 0 bridgehead atoms. The monoisotopic (exact) mass is 281 g/mol. The Balaban J connectivity index is 2.30. The minimum absolute atomic E-state index is 0.295. The first-order valence-electron chi connectivity index (χ1n) is 6.98. The summed E-state index contributed by atoms with van der Waals surface area (Å²) in [5.74, 6) is -0.400. The van der Waals surface area contributed by atoms with Gasteiger partial charge in [-0.15, -0.1) is 0 Å². The number of hydrogen-bond acceptors (Lipinski definition) is 2. The molecule has 106 valence electrons. The number of hydrogen-bond donors (Lipinski definition) is 1. The summed E-state index contributed by atoms with van der Waals surface area (Å²) in [5, 5.41) is 12.0. The summed E-state index contributed by atoms with van der Waals surface area (Å²) in [7, 11) is 0. The van der Waals surface area contributed by atoms with Crippen molar-refractivity contribution in [3.63, 3.8) is 0 Å². The van der Waals surface area contributed by atoms with Crippen molar-refractivity contribution in [3.8, 4) is 0 Å². The molecule has 2 aromatic carbocycles. The molecular weight excluding hydrogens is 265 g/mol. The third kappa shape index (κ3) is 2.20. The van der Waals surface area contributed by atoms with E-state index < -0.39 is 11.4 Å². The maximum Gasteiger partial charge on any atom is 0.129 e. The second kappa shape index (κ2) is 5.26. The Labute approximate surface area is 122 Å². The summed E-state index contributed by atoms with van der Waals surface area (Å²) < 4.78 is 14.2. The molecule has 0 radical (unpaired) electrons. The molecule has 0 aliphatic rings. The average Bonchev–Trinajstić information content (AvgIpc) is 2.54. The van der Waals surface area contributed by atoms with Gasteiger partial charge in [-0.3, -0.25) is 4.98 Å². The van der Waals surface area contributed by atoms with Crippen LogP contribution in [-0.4, -0.2) is 10.1 Å². The quantitative estimate of drug-likeness (QED) is 0.786. The highest BCUT2D eigenvalue weighted by Crippen LogP contribution is 2.37. The number of benzene rings is 2.